The fourth-order valence-electron chi connectivity index (χ4n) is 3.81. The fourth-order valence-corrected chi connectivity index (χ4v) is 3.81. The number of H-pyrrole nitrogens is 1. The number of aromatic nitrogens is 7. The number of fused-ring (bicyclic) bond motifs is 1. The predicted octanol–water partition coefficient (Wildman–Crippen LogP) is 3.07. The third kappa shape index (κ3) is 3.54. The van der Waals surface area contributed by atoms with Crippen LogP contribution in [-0.2, 0) is 0 Å². The molecule has 0 aliphatic rings. The van der Waals surface area contributed by atoms with Crippen molar-refractivity contribution < 1.29 is 8.91 Å². The van der Waals surface area contributed by atoms with Crippen molar-refractivity contribution in [3.05, 3.63) is 70.0 Å². The van der Waals surface area contributed by atoms with Crippen LogP contribution in [0.2, 0.25) is 0 Å². The van der Waals surface area contributed by atoms with E-state index in [0.717, 1.165) is 5.69 Å². The number of anilines is 2. The van der Waals surface area contributed by atoms with Gasteiger partial charge in [0.05, 0.1) is 17.1 Å². The van der Waals surface area contributed by atoms with Gasteiger partial charge in [0.15, 0.2) is 11.6 Å². The molecule has 172 valence electrons. The molecule has 4 heterocycles. The Bertz CT molecular complexity index is 1590. The molecule has 4 aromatic heterocycles. The van der Waals surface area contributed by atoms with Gasteiger partial charge in [0, 0.05) is 11.8 Å². The first-order valence-electron chi connectivity index (χ1n) is 10.4. The zero-order valence-corrected chi connectivity index (χ0v) is 18.5. The molecule has 0 bridgehead atoms. The Morgan fingerprint density at radius 1 is 1.24 bits per heavy atom. The van der Waals surface area contributed by atoms with Gasteiger partial charge in [0.1, 0.15) is 29.3 Å². The van der Waals surface area contributed by atoms with E-state index in [1.54, 1.807) is 31.2 Å². The maximum Gasteiger partial charge on any atom is 0.267 e. The highest BCUT2D eigenvalue weighted by molar-refractivity contribution is 5.83. The molecule has 0 radical (unpaired) electrons. The summed E-state index contributed by atoms with van der Waals surface area (Å²) in [5, 5.41) is 14.5. The van der Waals surface area contributed by atoms with E-state index in [1.165, 1.54) is 17.0 Å². The molecule has 1 aromatic carbocycles. The van der Waals surface area contributed by atoms with Crippen LogP contribution in [0.15, 0.2) is 46.0 Å². The van der Waals surface area contributed by atoms with E-state index in [4.69, 9.17) is 10.3 Å². The van der Waals surface area contributed by atoms with E-state index in [2.05, 4.69) is 35.6 Å². The van der Waals surface area contributed by atoms with Crippen LogP contribution in [0.4, 0.5) is 16.0 Å². The highest BCUT2D eigenvalue weighted by Gasteiger charge is 2.23. The molecule has 0 aliphatic carbocycles. The standard InChI is InChI=1S/C22H20FN9O2/c1-10-7-16(30-29-10)32-15(8-13-5-4-6-14(23)17(13)22(32)33)11(2)27-20-18(19(24)25-9-26-20)21-28-12(3)31-34-21/h4-9,11H,1-3H3,(H,29,30)(H3,24,25,26,27)/t11-/m0/s1. The molecule has 11 nitrogen and oxygen atoms in total. The number of nitrogen functional groups attached to an aromatic ring is 1. The van der Waals surface area contributed by atoms with Crippen LogP contribution in [-0.4, -0.2) is 34.9 Å². The van der Waals surface area contributed by atoms with E-state index in [1.807, 2.05) is 13.8 Å². The summed E-state index contributed by atoms with van der Waals surface area (Å²) in [6.07, 6.45) is 1.30. The second-order valence-corrected chi connectivity index (χ2v) is 7.82. The quantitative estimate of drug-likeness (QED) is 0.358. The third-order valence-electron chi connectivity index (χ3n) is 5.36. The molecule has 4 N–H and O–H groups in total. The van der Waals surface area contributed by atoms with Crippen LogP contribution in [0.1, 0.15) is 30.2 Å². The number of benzene rings is 1. The summed E-state index contributed by atoms with van der Waals surface area (Å²) >= 11 is 0. The molecule has 0 aliphatic heterocycles. The first-order chi connectivity index (χ1) is 16.3. The number of pyridine rings is 1. The molecule has 5 aromatic rings. The van der Waals surface area contributed by atoms with Gasteiger partial charge in [0.25, 0.3) is 11.4 Å². The van der Waals surface area contributed by atoms with Gasteiger partial charge in [0.2, 0.25) is 0 Å². The van der Waals surface area contributed by atoms with Gasteiger partial charge in [-0.15, -0.1) is 0 Å². The summed E-state index contributed by atoms with van der Waals surface area (Å²) in [4.78, 5) is 26.0. The largest absolute Gasteiger partial charge is 0.383 e. The van der Waals surface area contributed by atoms with Crippen molar-refractivity contribution >= 4 is 22.4 Å². The number of nitrogens with one attached hydrogen (secondary N) is 2. The zero-order chi connectivity index (χ0) is 24.0. The van der Waals surface area contributed by atoms with Crippen molar-refractivity contribution in [1.82, 2.24) is 34.9 Å². The van der Waals surface area contributed by atoms with E-state index in [0.29, 0.717) is 34.1 Å². The lowest BCUT2D eigenvalue weighted by atomic mass is 10.1. The lowest BCUT2D eigenvalue weighted by molar-refractivity contribution is 0.425. The van der Waals surface area contributed by atoms with Crippen LogP contribution in [0.25, 0.3) is 28.0 Å². The third-order valence-corrected chi connectivity index (χ3v) is 5.36. The highest BCUT2D eigenvalue weighted by Crippen LogP contribution is 2.32. The summed E-state index contributed by atoms with van der Waals surface area (Å²) < 4.78 is 21.2. The molecule has 0 fully saturated rings. The van der Waals surface area contributed by atoms with Crippen LogP contribution in [0.5, 0.6) is 0 Å². The average Bonchev–Trinajstić information content (AvgIpc) is 3.41. The monoisotopic (exact) mass is 461 g/mol. The van der Waals surface area contributed by atoms with Gasteiger partial charge in [-0.3, -0.25) is 14.5 Å². The molecule has 0 unspecified atom stereocenters. The normalized spacial score (nSPS) is 12.2. The number of nitrogens with two attached hydrogens (primary N) is 1. The van der Waals surface area contributed by atoms with Crippen molar-refractivity contribution in [3.63, 3.8) is 0 Å². The Labute approximate surface area is 191 Å². The Hall–Kier alpha value is -4.61. The number of halogens is 1. The predicted molar refractivity (Wildman–Crippen MR) is 123 cm³/mol. The summed E-state index contributed by atoms with van der Waals surface area (Å²) in [6.45, 7) is 5.32. The summed E-state index contributed by atoms with van der Waals surface area (Å²) in [5.41, 5.74) is 7.18. The number of hydrogen-bond acceptors (Lipinski definition) is 9. The molecule has 5 rings (SSSR count). The smallest absolute Gasteiger partial charge is 0.267 e. The summed E-state index contributed by atoms with van der Waals surface area (Å²) in [5.74, 6) is 0.803. The Kier molecular flexibility index (Phi) is 5.04. The topological polar surface area (TPSA) is 153 Å². The molecule has 1 atom stereocenters. The lowest BCUT2D eigenvalue weighted by Gasteiger charge is -2.21. The molecular formula is C22H20FN9O2. The lowest BCUT2D eigenvalue weighted by Crippen LogP contribution is -2.26. The Morgan fingerprint density at radius 2 is 2.06 bits per heavy atom. The minimum atomic E-state index is -0.603. The number of aryl methyl sites for hydroxylation is 2. The Balaban J connectivity index is 1.67. The van der Waals surface area contributed by atoms with Crippen LogP contribution < -0.4 is 16.6 Å². The first-order valence-corrected chi connectivity index (χ1v) is 10.4. The maximum atomic E-state index is 14.6. The Morgan fingerprint density at radius 3 is 2.76 bits per heavy atom. The SMILES string of the molecule is Cc1noc(-c2c(N)ncnc2N[C@@H](C)c2cc3cccc(F)c3c(=O)n2-c2cc(C)[nH]n2)n1. The molecule has 0 saturated heterocycles. The summed E-state index contributed by atoms with van der Waals surface area (Å²) in [6, 6.07) is 7.44. The molecular weight excluding hydrogens is 441 g/mol. The van der Waals surface area contributed by atoms with Crippen LogP contribution >= 0.6 is 0 Å². The van der Waals surface area contributed by atoms with Crippen molar-refractivity contribution in [3.8, 4) is 17.3 Å². The van der Waals surface area contributed by atoms with Gasteiger partial charge in [-0.2, -0.15) is 10.1 Å². The van der Waals surface area contributed by atoms with Gasteiger partial charge in [-0.05, 0) is 38.3 Å². The van der Waals surface area contributed by atoms with Gasteiger partial charge >= 0.3 is 0 Å². The number of aromatic amines is 1. The molecule has 0 amide bonds. The highest BCUT2D eigenvalue weighted by atomic mass is 19.1. The minimum Gasteiger partial charge on any atom is -0.383 e. The van der Waals surface area contributed by atoms with E-state index in [-0.39, 0.29) is 17.1 Å². The number of hydrogen-bond donors (Lipinski definition) is 3. The van der Waals surface area contributed by atoms with E-state index >= 15 is 0 Å². The second kappa shape index (κ2) is 8.06. The van der Waals surface area contributed by atoms with Gasteiger partial charge < -0.3 is 15.6 Å². The first kappa shape index (κ1) is 21.2. The maximum absolute atomic E-state index is 14.6. The van der Waals surface area contributed by atoms with Crippen molar-refractivity contribution in [2.45, 2.75) is 26.8 Å². The van der Waals surface area contributed by atoms with Crippen molar-refractivity contribution in [2.75, 3.05) is 11.1 Å². The van der Waals surface area contributed by atoms with Crippen LogP contribution in [0, 0.1) is 19.7 Å². The van der Waals surface area contributed by atoms with Gasteiger partial charge in [-0.25, -0.2) is 14.4 Å². The summed E-state index contributed by atoms with van der Waals surface area (Å²) in [7, 11) is 0. The van der Waals surface area contributed by atoms with Crippen LogP contribution in [0.3, 0.4) is 0 Å². The second-order valence-electron chi connectivity index (χ2n) is 7.82. The van der Waals surface area contributed by atoms with Crippen molar-refractivity contribution in [1.29, 1.82) is 0 Å². The molecule has 12 heteroatoms. The molecule has 34 heavy (non-hydrogen) atoms. The van der Waals surface area contributed by atoms with E-state index in [9.17, 15) is 9.18 Å². The molecule has 0 spiro atoms. The number of rotatable bonds is 5. The van der Waals surface area contributed by atoms with E-state index < -0.39 is 17.4 Å². The van der Waals surface area contributed by atoms with Crippen molar-refractivity contribution in [2.24, 2.45) is 0 Å². The minimum absolute atomic E-state index is 0.0209. The van der Waals surface area contributed by atoms with Gasteiger partial charge in [-0.1, -0.05) is 17.3 Å². The zero-order valence-electron chi connectivity index (χ0n) is 18.5. The molecule has 0 saturated carbocycles. The average molecular weight is 461 g/mol. The fraction of sp³-hybridized carbons (Fsp3) is 0.182. The number of nitrogens with zero attached hydrogens (tertiary/aromatic N) is 6.